The van der Waals surface area contributed by atoms with Crippen LogP contribution < -0.4 is 0 Å². The molecule has 0 aromatic heterocycles. The quantitative estimate of drug-likeness (QED) is 0.528. The van der Waals surface area contributed by atoms with E-state index in [2.05, 4.69) is 84.0 Å². The van der Waals surface area contributed by atoms with E-state index in [-0.39, 0.29) is 0 Å². The van der Waals surface area contributed by atoms with Gasteiger partial charge in [-0.3, -0.25) is 0 Å². The zero-order valence-corrected chi connectivity index (χ0v) is 14.5. The molecule has 0 aliphatic heterocycles. The Morgan fingerprint density at radius 2 is 1.32 bits per heavy atom. The largest absolute Gasteiger partial charge is 0.0866 e. The molecule has 0 aliphatic carbocycles. The van der Waals surface area contributed by atoms with Crippen LogP contribution in [0.1, 0.15) is 47.1 Å². The van der Waals surface area contributed by atoms with E-state index in [1.165, 1.54) is 11.6 Å². The van der Waals surface area contributed by atoms with Gasteiger partial charge in [-0.05, 0) is 11.6 Å². The molecule has 0 saturated heterocycles. The third-order valence-corrected chi connectivity index (χ3v) is 12.2. The highest BCUT2D eigenvalue weighted by molar-refractivity contribution is 6.83. The maximum absolute atomic E-state index is 2.43. The van der Waals surface area contributed by atoms with Crippen LogP contribution in [0.25, 0.3) is 6.08 Å². The van der Waals surface area contributed by atoms with Crippen molar-refractivity contribution in [3.63, 3.8) is 0 Å². The Kier molecular flexibility index (Phi) is 6.06. The van der Waals surface area contributed by atoms with E-state index in [9.17, 15) is 0 Å². The number of hydrogen-bond donors (Lipinski definition) is 0. The summed E-state index contributed by atoms with van der Waals surface area (Å²) >= 11 is 0. The summed E-state index contributed by atoms with van der Waals surface area (Å²) < 4.78 is 0. The summed E-state index contributed by atoms with van der Waals surface area (Å²) in [7, 11) is -1.27. The predicted molar refractivity (Wildman–Crippen MR) is 91.3 cm³/mol. The molecule has 0 heterocycles. The number of benzene rings is 1. The fraction of sp³-hybridized carbons (Fsp3) is 0.556. The van der Waals surface area contributed by atoms with Crippen LogP contribution >= 0.6 is 0 Å². The van der Waals surface area contributed by atoms with E-state index < -0.39 is 8.07 Å². The second kappa shape index (κ2) is 7.09. The zero-order chi connectivity index (χ0) is 14.5. The third-order valence-electron chi connectivity index (χ3n) is 4.81. The standard InChI is InChI=1S/C18H30Si/c1-15(2)19(16(3)4,17(5)6)14-10-13-18-11-8-7-9-12-18/h7-13,15-17H,14H2,1-6H3/b13-10-. The molecule has 19 heavy (non-hydrogen) atoms. The first-order chi connectivity index (χ1) is 8.91. The van der Waals surface area contributed by atoms with Crippen LogP contribution in [0.5, 0.6) is 0 Å². The van der Waals surface area contributed by atoms with Crippen LogP contribution in [-0.4, -0.2) is 8.07 Å². The van der Waals surface area contributed by atoms with Gasteiger partial charge in [0.1, 0.15) is 0 Å². The molecule has 0 fully saturated rings. The molecule has 0 atom stereocenters. The van der Waals surface area contributed by atoms with E-state index in [0.717, 1.165) is 16.6 Å². The molecule has 0 radical (unpaired) electrons. The van der Waals surface area contributed by atoms with Crippen LogP contribution in [0.4, 0.5) is 0 Å². The van der Waals surface area contributed by atoms with Crippen LogP contribution in [0, 0.1) is 0 Å². The summed E-state index contributed by atoms with van der Waals surface area (Å²) in [4.78, 5) is 0. The minimum atomic E-state index is -1.27. The van der Waals surface area contributed by atoms with Crippen molar-refractivity contribution in [1.82, 2.24) is 0 Å². The molecule has 0 aliphatic rings. The van der Waals surface area contributed by atoms with Gasteiger partial charge in [-0.2, -0.15) is 0 Å². The van der Waals surface area contributed by atoms with Gasteiger partial charge >= 0.3 is 0 Å². The Morgan fingerprint density at radius 1 is 0.842 bits per heavy atom. The number of rotatable bonds is 6. The van der Waals surface area contributed by atoms with Crippen molar-refractivity contribution in [2.75, 3.05) is 0 Å². The summed E-state index contributed by atoms with van der Waals surface area (Å²) in [5.41, 5.74) is 3.84. The molecule has 0 N–H and O–H groups in total. The van der Waals surface area contributed by atoms with Crippen molar-refractivity contribution < 1.29 is 0 Å². The Labute approximate surface area is 121 Å². The second-order valence-electron chi connectivity index (χ2n) is 6.59. The van der Waals surface area contributed by atoms with Gasteiger partial charge in [-0.25, -0.2) is 0 Å². The molecule has 1 aromatic carbocycles. The van der Waals surface area contributed by atoms with Crippen LogP contribution in [0.3, 0.4) is 0 Å². The minimum Gasteiger partial charge on any atom is -0.0866 e. The molecule has 1 aromatic rings. The highest BCUT2D eigenvalue weighted by atomic mass is 28.3. The maximum atomic E-state index is 2.43. The molecule has 0 bridgehead atoms. The van der Waals surface area contributed by atoms with Crippen molar-refractivity contribution in [2.24, 2.45) is 0 Å². The van der Waals surface area contributed by atoms with E-state index in [0.29, 0.717) is 0 Å². The van der Waals surface area contributed by atoms with Gasteiger partial charge in [0.15, 0.2) is 0 Å². The number of allylic oxidation sites excluding steroid dienone is 1. The first-order valence-corrected chi connectivity index (χ1v) is 10.1. The van der Waals surface area contributed by atoms with Crippen molar-refractivity contribution in [2.45, 2.75) is 64.2 Å². The highest BCUT2D eigenvalue weighted by Crippen LogP contribution is 2.44. The average molecular weight is 275 g/mol. The van der Waals surface area contributed by atoms with Crippen molar-refractivity contribution in [3.05, 3.63) is 42.0 Å². The van der Waals surface area contributed by atoms with Crippen LogP contribution in [0.15, 0.2) is 36.4 Å². The monoisotopic (exact) mass is 274 g/mol. The first kappa shape index (κ1) is 16.2. The molecular weight excluding hydrogens is 244 g/mol. The summed E-state index contributed by atoms with van der Waals surface area (Å²) in [5.74, 6) is 0. The molecule has 0 unspecified atom stereocenters. The van der Waals surface area contributed by atoms with Gasteiger partial charge in [0.25, 0.3) is 0 Å². The molecule has 1 heteroatoms. The molecule has 0 spiro atoms. The minimum absolute atomic E-state index is 0.841. The van der Waals surface area contributed by atoms with E-state index in [4.69, 9.17) is 0 Å². The molecule has 106 valence electrons. The zero-order valence-electron chi connectivity index (χ0n) is 13.5. The lowest BCUT2D eigenvalue weighted by molar-refractivity contribution is 0.811. The first-order valence-electron chi connectivity index (χ1n) is 7.62. The van der Waals surface area contributed by atoms with Crippen molar-refractivity contribution >= 4 is 14.1 Å². The molecule has 0 amide bonds. The lowest BCUT2D eigenvalue weighted by Crippen LogP contribution is -2.43. The average Bonchev–Trinajstić information content (AvgIpc) is 2.34. The molecular formula is C18H30Si. The van der Waals surface area contributed by atoms with Gasteiger partial charge in [0, 0.05) is 0 Å². The van der Waals surface area contributed by atoms with Gasteiger partial charge in [0.05, 0.1) is 8.07 Å². The van der Waals surface area contributed by atoms with E-state index in [1.54, 1.807) is 0 Å². The summed E-state index contributed by atoms with van der Waals surface area (Å²) in [6, 6.07) is 12.0. The fourth-order valence-electron chi connectivity index (χ4n) is 3.67. The normalized spacial score (nSPS) is 13.1. The van der Waals surface area contributed by atoms with Crippen LogP contribution in [-0.2, 0) is 0 Å². The van der Waals surface area contributed by atoms with Gasteiger partial charge in [-0.1, -0.05) is 101 Å². The summed E-state index contributed by atoms with van der Waals surface area (Å²) in [5, 5.41) is 0. The van der Waals surface area contributed by atoms with Gasteiger partial charge < -0.3 is 0 Å². The Bertz CT molecular complexity index is 366. The molecule has 1 rings (SSSR count). The van der Waals surface area contributed by atoms with E-state index >= 15 is 0 Å². The SMILES string of the molecule is CC(C)[Si](C/C=C\c1ccccc1)(C(C)C)C(C)C. The smallest absolute Gasteiger partial charge is 0.0650 e. The lowest BCUT2D eigenvalue weighted by atomic mass is 10.2. The molecule has 0 nitrogen and oxygen atoms in total. The summed E-state index contributed by atoms with van der Waals surface area (Å²) in [6.07, 6.45) is 4.73. The lowest BCUT2D eigenvalue weighted by Gasteiger charge is -2.42. The van der Waals surface area contributed by atoms with Gasteiger partial charge in [0.2, 0.25) is 0 Å². The third kappa shape index (κ3) is 3.82. The van der Waals surface area contributed by atoms with E-state index in [1.807, 2.05) is 0 Å². The topological polar surface area (TPSA) is 0 Å². The maximum Gasteiger partial charge on any atom is 0.0650 e. The van der Waals surface area contributed by atoms with Gasteiger partial charge in [-0.15, -0.1) is 0 Å². The van der Waals surface area contributed by atoms with Crippen molar-refractivity contribution in [3.8, 4) is 0 Å². The Hall–Kier alpha value is -0.823. The van der Waals surface area contributed by atoms with Crippen LogP contribution in [0.2, 0.25) is 22.7 Å². The van der Waals surface area contributed by atoms with Crippen molar-refractivity contribution in [1.29, 1.82) is 0 Å². The Balaban J connectivity index is 2.88. The summed E-state index contributed by atoms with van der Waals surface area (Å²) in [6.45, 7) is 14.6. The number of hydrogen-bond acceptors (Lipinski definition) is 0. The highest BCUT2D eigenvalue weighted by Gasteiger charge is 2.41. The predicted octanol–water partition coefficient (Wildman–Crippen LogP) is 6.38. The molecule has 0 saturated carbocycles. The fourth-order valence-corrected chi connectivity index (χ4v) is 9.61. The second-order valence-corrected chi connectivity index (χ2v) is 12.7. The Morgan fingerprint density at radius 3 is 1.74 bits per heavy atom.